The number of methoxy groups -OCH3 is 1. The number of nitrogens with two attached hydrogens (primary N) is 1. The third-order valence-corrected chi connectivity index (χ3v) is 3.60. The number of carbonyl (C=O) groups excluding carboxylic acids is 1. The van der Waals surface area contributed by atoms with Crippen molar-refractivity contribution in [1.29, 1.82) is 0 Å². The molecule has 2 aromatic rings. The number of aryl methyl sites for hydroxylation is 1. The fourth-order valence-corrected chi connectivity index (χ4v) is 2.51. The third-order valence-electron chi connectivity index (χ3n) is 3.60. The molecule has 2 heterocycles. The van der Waals surface area contributed by atoms with Crippen molar-refractivity contribution < 1.29 is 9.53 Å². The summed E-state index contributed by atoms with van der Waals surface area (Å²) in [6.45, 7) is 2.89. The molecule has 6 nitrogen and oxygen atoms in total. The first-order chi connectivity index (χ1) is 10.1. The highest BCUT2D eigenvalue weighted by Crippen LogP contribution is 2.24. The second-order valence-corrected chi connectivity index (χ2v) is 5.05. The van der Waals surface area contributed by atoms with Crippen LogP contribution in [0.3, 0.4) is 0 Å². The Morgan fingerprint density at radius 1 is 1.38 bits per heavy atom. The normalized spacial score (nSPS) is 13.1. The van der Waals surface area contributed by atoms with E-state index in [9.17, 15) is 4.79 Å². The summed E-state index contributed by atoms with van der Waals surface area (Å²) >= 11 is 0. The van der Waals surface area contributed by atoms with E-state index in [1.807, 2.05) is 19.1 Å². The molecule has 0 atom stereocenters. The van der Waals surface area contributed by atoms with E-state index in [1.165, 1.54) is 0 Å². The summed E-state index contributed by atoms with van der Waals surface area (Å²) in [7, 11) is 1.62. The lowest BCUT2D eigenvalue weighted by Gasteiger charge is -2.16. The van der Waals surface area contributed by atoms with Crippen LogP contribution in [-0.2, 0) is 13.1 Å². The summed E-state index contributed by atoms with van der Waals surface area (Å²) < 4.78 is 5.21. The number of fused-ring (bicyclic) bond motifs is 1. The van der Waals surface area contributed by atoms with Gasteiger partial charge in [-0.2, -0.15) is 0 Å². The Bertz CT molecular complexity index is 715. The lowest BCUT2D eigenvalue weighted by atomic mass is 10.1. The van der Waals surface area contributed by atoms with E-state index in [-0.39, 0.29) is 11.9 Å². The molecule has 2 N–H and O–H groups in total. The molecular weight excluding hydrogens is 268 g/mol. The number of aromatic nitrogens is 2. The maximum Gasteiger partial charge on any atom is 0.254 e. The van der Waals surface area contributed by atoms with Gasteiger partial charge in [-0.1, -0.05) is 0 Å². The quantitative estimate of drug-likeness (QED) is 0.904. The Hall–Kier alpha value is -2.63. The summed E-state index contributed by atoms with van der Waals surface area (Å²) in [6, 6.07) is 5.42. The van der Waals surface area contributed by atoms with Gasteiger partial charge in [-0.25, -0.2) is 9.97 Å². The first-order valence-electron chi connectivity index (χ1n) is 6.62. The number of nitrogens with zero attached hydrogens (tertiary/aromatic N) is 3. The van der Waals surface area contributed by atoms with Gasteiger partial charge in [-0.3, -0.25) is 4.79 Å². The Balaban J connectivity index is 1.83. The van der Waals surface area contributed by atoms with Crippen LogP contribution in [-0.4, -0.2) is 27.9 Å². The first-order valence-corrected chi connectivity index (χ1v) is 6.62. The molecule has 3 rings (SSSR count). The molecule has 0 spiro atoms. The van der Waals surface area contributed by atoms with Crippen molar-refractivity contribution in [1.82, 2.24) is 14.9 Å². The summed E-state index contributed by atoms with van der Waals surface area (Å²) in [5, 5.41) is 0. The highest BCUT2D eigenvalue weighted by Gasteiger charge is 2.26. The zero-order chi connectivity index (χ0) is 15.0. The molecule has 0 aliphatic carbocycles. The molecule has 1 aromatic carbocycles. The van der Waals surface area contributed by atoms with E-state index in [2.05, 4.69) is 9.97 Å². The van der Waals surface area contributed by atoms with E-state index in [4.69, 9.17) is 10.5 Å². The van der Waals surface area contributed by atoms with Crippen LogP contribution in [0.1, 0.15) is 27.2 Å². The average molecular weight is 284 g/mol. The summed E-state index contributed by atoms with van der Waals surface area (Å²) in [4.78, 5) is 22.4. The number of rotatable bonds is 2. The standard InChI is InChI=1S/C15H16N4O2/c1-9-5-10(3-4-13(9)21-2)14(20)19-7-11-6-17-15(16)18-12(11)8-19/h3-6H,7-8H2,1-2H3,(H2,16,17,18). The largest absolute Gasteiger partial charge is 0.496 e. The molecular formula is C15H16N4O2. The molecule has 0 saturated carbocycles. The van der Waals surface area contributed by atoms with Gasteiger partial charge in [-0.15, -0.1) is 0 Å². The second-order valence-electron chi connectivity index (χ2n) is 5.05. The average Bonchev–Trinajstić information content (AvgIpc) is 2.89. The molecule has 0 unspecified atom stereocenters. The monoisotopic (exact) mass is 284 g/mol. The predicted molar refractivity (Wildman–Crippen MR) is 77.8 cm³/mol. The predicted octanol–water partition coefficient (Wildman–Crippen LogP) is 1.53. The van der Waals surface area contributed by atoms with E-state index in [0.29, 0.717) is 18.7 Å². The lowest BCUT2D eigenvalue weighted by Crippen LogP contribution is -2.25. The fraction of sp³-hybridized carbons (Fsp3) is 0.267. The number of ether oxygens (including phenoxy) is 1. The molecule has 6 heteroatoms. The summed E-state index contributed by atoms with van der Waals surface area (Å²) in [5.41, 5.74) is 8.92. The van der Waals surface area contributed by atoms with Gasteiger partial charge in [0, 0.05) is 23.9 Å². The summed E-state index contributed by atoms with van der Waals surface area (Å²) in [5.74, 6) is 0.982. The minimum absolute atomic E-state index is 0.0303. The highest BCUT2D eigenvalue weighted by molar-refractivity contribution is 5.94. The Morgan fingerprint density at radius 3 is 2.90 bits per heavy atom. The van der Waals surface area contributed by atoms with E-state index in [0.717, 1.165) is 22.6 Å². The van der Waals surface area contributed by atoms with E-state index >= 15 is 0 Å². The Morgan fingerprint density at radius 2 is 2.19 bits per heavy atom. The van der Waals surface area contributed by atoms with Crippen LogP contribution >= 0.6 is 0 Å². The number of hydrogen-bond donors (Lipinski definition) is 1. The molecule has 0 radical (unpaired) electrons. The number of nitrogen functional groups attached to an aromatic ring is 1. The fourth-order valence-electron chi connectivity index (χ4n) is 2.51. The van der Waals surface area contributed by atoms with Crippen molar-refractivity contribution in [3.8, 4) is 5.75 Å². The van der Waals surface area contributed by atoms with Crippen molar-refractivity contribution >= 4 is 11.9 Å². The molecule has 1 aromatic heterocycles. The van der Waals surface area contributed by atoms with E-state index in [1.54, 1.807) is 24.3 Å². The van der Waals surface area contributed by atoms with Crippen molar-refractivity contribution in [2.75, 3.05) is 12.8 Å². The van der Waals surface area contributed by atoms with Crippen molar-refractivity contribution in [3.05, 3.63) is 46.8 Å². The Kier molecular flexibility index (Phi) is 3.21. The van der Waals surface area contributed by atoms with Crippen LogP contribution in [0.2, 0.25) is 0 Å². The van der Waals surface area contributed by atoms with Crippen molar-refractivity contribution in [2.24, 2.45) is 0 Å². The number of benzene rings is 1. The van der Waals surface area contributed by atoms with E-state index < -0.39 is 0 Å². The number of hydrogen-bond acceptors (Lipinski definition) is 5. The SMILES string of the molecule is COc1ccc(C(=O)N2Cc3cnc(N)nc3C2)cc1C. The van der Waals surface area contributed by atoms with Gasteiger partial charge in [0.15, 0.2) is 0 Å². The Labute approximate surface area is 122 Å². The first kappa shape index (κ1) is 13.4. The zero-order valence-corrected chi connectivity index (χ0v) is 12.0. The lowest BCUT2D eigenvalue weighted by molar-refractivity contribution is 0.0750. The minimum Gasteiger partial charge on any atom is -0.496 e. The van der Waals surface area contributed by atoms with Crippen LogP contribution in [0.25, 0.3) is 0 Å². The van der Waals surface area contributed by atoms with Gasteiger partial charge in [-0.05, 0) is 30.7 Å². The van der Waals surface area contributed by atoms with Gasteiger partial charge in [0.25, 0.3) is 5.91 Å². The van der Waals surface area contributed by atoms with Gasteiger partial charge >= 0.3 is 0 Å². The van der Waals surface area contributed by atoms with Crippen LogP contribution in [0, 0.1) is 6.92 Å². The maximum absolute atomic E-state index is 12.6. The molecule has 108 valence electrons. The van der Waals surface area contributed by atoms with Crippen molar-refractivity contribution in [2.45, 2.75) is 20.0 Å². The van der Waals surface area contributed by atoms with Gasteiger partial charge in [0.1, 0.15) is 5.75 Å². The van der Waals surface area contributed by atoms with Gasteiger partial charge in [0.2, 0.25) is 5.95 Å². The molecule has 0 fully saturated rings. The molecule has 0 bridgehead atoms. The van der Waals surface area contributed by atoms with Crippen LogP contribution in [0.5, 0.6) is 5.75 Å². The third kappa shape index (κ3) is 2.40. The topological polar surface area (TPSA) is 81.3 Å². The van der Waals surface area contributed by atoms with Crippen LogP contribution in [0.4, 0.5) is 5.95 Å². The number of carbonyl (C=O) groups is 1. The number of amides is 1. The number of anilines is 1. The molecule has 1 aliphatic heterocycles. The van der Waals surface area contributed by atoms with Crippen LogP contribution in [0.15, 0.2) is 24.4 Å². The van der Waals surface area contributed by atoms with Gasteiger partial charge < -0.3 is 15.4 Å². The van der Waals surface area contributed by atoms with Gasteiger partial charge in [0.05, 0.1) is 19.3 Å². The molecule has 1 amide bonds. The molecule has 1 aliphatic rings. The molecule has 0 saturated heterocycles. The zero-order valence-electron chi connectivity index (χ0n) is 12.0. The minimum atomic E-state index is -0.0303. The smallest absolute Gasteiger partial charge is 0.254 e. The van der Waals surface area contributed by atoms with Crippen LogP contribution < -0.4 is 10.5 Å². The summed E-state index contributed by atoms with van der Waals surface area (Å²) in [6.07, 6.45) is 1.68. The van der Waals surface area contributed by atoms with Crippen molar-refractivity contribution in [3.63, 3.8) is 0 Å². The second kappa shape index (κ2) is 5.05. The maximum atomic E-state index is 12.6. The molecule has 21 heavy (non-hydrogen) atoms. The highest BCUT2D eigenvalue weighted by atomic mass is 16.5.